The molecule has 2 N–H and O–H groups in total. The van der Waals surface area contributed by atoms with Crippen molar-refractivity contribution in [2.45, 2.75) is 19.3 Å². The number of phenolic OH excluding ortho intramolecular Hbond substituents is 2. The fourth-order valence-corrected chi connectivity index (χ4v) is 3.24. The molecule has 1 saturated heterocycles. The van der Waals surface area contributed by atoms with Crippen molar-refractivity contribution < 1.29 is 10.2 Å². The van der Waals surface area contributed by atoms with Gasteiger partial charge in [0.05, 0.1) is 0 Å². The molecule has 1 aromatic carbocycles. The van der Waals surface area contributed by atoms with Crippen molar-refractivity contribution in [2.24, 2.45) is 5.92 Å². The van der Waals surface area contributed by atoms with Crippen LogP contribution in [0.1, 0.15) is 24.0 Å². The summed E-state index contributed by atoms with van der Waals surface area (Å²) in [5.74, 6) is 1.31. The van der Waals surface area contributed by atoms with Crippen LogP contribution >= 0.6 is 0 Å². The molecule has 16 heavy (non-hydrogen) atoms. The summed E-state index contributed by atoms with van der Waals surface area (Å²) < 4.78 is 0. The highest BCUT2D eigenvalue weighted by Crippen LogP contribution is 2.48. The van der Waals surface area contributed by atoms with Crippen LogP contribution in [-0.4, -0.2) is 34.7 Å². The molecule has 1 heterocycles. The zero-order valence-electron chi connectivity index (χ0n) is 9.48. The SMILES string of the molecule is CCN1CC2Cc3c(ccc(O)c3O)C2C1. The molecule has 3 nitrogen and oxygen atoms in total. The number of hydrogen-bond donors (Lipinski definition) is 2. The summed E-state index contributed by atoms with van der Waals surface area (Å²) in [6, 6.07) is 3.60. The van der Waals surface area contributed by atoms with Crippen LogP contribution in [0.25, 0.3) is 0 Å². The largest absolute Gasteiger partial charge is 0.504 e. The Hall–Kier alpha value is -1.22. The van der Waals surface area contributed by atoms with E-state index in [1.807, 2.05) is 6.07 Å². The highest BCUT2D eigenvalue weighted by atomic mass is 16.3. The lowest BCUT2D eigenvalue weighted by atomic mass is 9.96. The van der Waals surface area contributed by atoms with Crippen molar-refractivity contribution in [3.8, 4) is 11.5 Å². The van der Waals surface area contributed by atoms with Crippen LogP contribution in [0.2, 0.25) is 0 Å². The molecule has 0 bridgehead atoms. The molecule has 0 amide bonds. The minimum absolute atomic E-state index is 0.0195. The Kier molecular flexibility index (Phi) is 2.11. The van der Waals surface area contributed by atoms with Crippen LogP contribution in [0, 0.1) is 5.92 Å². The molecular weight excluding hydrogens is 202 g/mol. The summed E-state index contributed by atoms with van der Waals surface area (Å²) in [5, 5.41) is 19.3. The number of rotatable bonds is 1. The third-order valence-corrected chi connectivity index (χ3v) is 4.13. The van der Waals surface area contributed by atoms with Gasteiger partial charge in [0.2, 0.25) is 0 Å². The van der Waals surface area contributed by atoms with E-state index in [9.17, 15) is 10.2 Å². The second-order valence-electron chi connectivity index (χ2n) is 4.92. The minimum Gasteiger partial charge on any atom is -0.504 e. The Bertz CT molecular complexity index is 430. The summed E-state index contributed by atoms with van der Waals surface area (Å²) in [4.78, 5) is 2.46. The topological polar surface area (TPSA) is 43.7 Å². The number of phenols is 2. The molecule has 0 aromatic heterocycles. The van der Waals surface area contributed by atoms with Gasteiger partial charge in [-0.15, -0.1) is 0 Å². The molecule has 2 atom stereocenters. The smallest absolute Gasteiger partial charge is 0.160 e. The lowest BCUT2D eigenvalue weighted by Gasteiger charge is -2.14. The van der Waals surface area contributed by atoms with Crippen molar-refractivity contribution >= 4 is 0 Å². The van der Waals surface area contributed by atoms with Crippen LogP contribution in [0.4, 0.5) is 0 Å². The number of likely N-dealkylation sites (N-methyl/N-ethyl adjacent to an activating group) is 1. The van der Waals surface area contributed by atoms with E-state index in [0.717, 1.165) is 31.6 Å². The lowest BCUT2D eigenvalue weighted by molar-refractivity contribution is 0.338. The van der Waals surface area contributed by atoms with Crippen molar-refractivity contribution in [1.29, 1.82) is 0 Å². The van der Waals surface area contributed by atoms with Gasteiger partial charge in [-0.2, -0.15) is 0 Å². The molecule has 2 aliphatic rings. The van der Waals surface area contributed by atoms with E-state index in [1.165, 1.54) is 5.56 Å². The number of nitrogens with zero attached hydrogens (tertiary/aromatic N) is 1. The van der Waals surface area contributed by atoms with Gasteiger partial charge in [-0.3, -0.25) is 0 Å². The highest BCUT2D eigenvalue weighted by Gasteiger charge is 2.40. The van der Waals surface area contributed by atoms with E-state index >= 15 is 0 Å². The van der Waals surface area contributed by atoms with Gasteiger partial charge in [0.15, 0.2) is 11.5 Å². The maximum absolute atomic E-state index is 9.83. The number of likely N-dealkylation sites (tertiary alicyclic amines) is 1. The molecule has 2 unspecified atom stereocenters. The van der Waals surface area contributed by atoms with Gasteiger partial charge in [-0.25, -0.2) is 0 Å². The summed E-state index contributed by atoms with van der Waals surface area (Å²) in [6.45, 7) is 5.51. The van der Waals surface area contributed by atoms with Gasteiger partial charge in [-0.1, -0.05) is 13.0 Å². The second kappa shape index (κ2) is 3.39. The van der Waals surface area contributed by atoms with Crippen molar-refractivity contribution in [3.63, 3.8) is 0 Å². The standard InChI is InChI=1S/C13H17NO2/c1-2-14-6-8-5-10-9(11(8)7-14)3-4-12(15)13(10)16/h3-4,8,11,15-16H,2,5-7H2,1H3. The zero-order valence-corrected chi connectivity index (χ0v) is 9.48. The average Bonchev–Trinajstić information content (AvgIpc) is 2.80. The van der Waals surface area contributed by atoms with Crippen LogP contribution in [0.15, 0.2) is 12.1 Å². The van der Waals surface area contributed by atoms with Crippen LogP contribution in [-0.2, 0) is 6.42 Å². The van der Waals surface area contributed by atoms with Crippen LogP contribution < -0.4 is 0 Å². The summed E-state index contributed by atoms with van der Waals surface area (Å²) in [7, 11) is 0. The Morgan fingerprint density at radius 1 is 1.31 bits per heavy atom. The summed E-state index contributed by atoms with van der Waals surface area (Å²) >= 11 is 0. The monoisotopic (exact) mass is 219 g/mol. The third-order valence-electron chi connectivity index (χ3n) is 4.13. The number of benzene rings is 1. The lowest BCUT2D eigenvalue weighted by Crippen LogP contribution is -2.21. The maximum Gasteiger partial charge on any atom is 0.160 e. The molecule has 1 aliphatic carbocycles. The number of hydrogen-bond acceptors (Lipinski definition) is 3. The van der Waals surface area contributed by atoms with E-state index < -0.39 is 0 Å². The second-order valence-corrected chi connectivity index (χ2v) is 4.92. The predicted octanol–water partition coefficient (Wildman–Crippen LogP) is 1.69. The minimum atomic E-state index is 0.0195. The Labute approximate surface area is 95.3 Å². The first-order valence-electron chi connectivity index (χ1n) is 5.96. The normalized spacial score (nSPS) is 28.1. The van der Waals surface area contributed by atoms with Gasteiger partial charge in [0.25, 0.3) is 0 Å². The van der Waals surface area contributed by atoms with Gasteiger partial charge in [0, 0.05) is 24.6 Å². The predicted molar refractivity (Wildman–Crippen MR) is 61.8 cm³/mol. The van der Waals surface area contributed by atoms with E-state index in [2.05, 4.69) is 11.8 Å². The molecule has 3 heteroatoms. The zero-order chi connectivity index (χ0) is 11.3. The van der Waals surface area contributed by atoms with E-state index in [-0.39, 0.29) is 11.5 Å². The fourth-order valence-electron chi connectivity index (χ4n) is 3.24. The fraction of sp³-hybridized carbons (Fsp3) is 0.538. The quantitative estimate of drug-likeness (QED) is 0.706. The molecule has 0 radical (unpaired) electrons. The van der Waals surface area contributed by atoms with Crippen LogP contribution in [0.3, 0.4) is 0 Å². The van der Waals surface area contributed by atoms with Crippen molar-refractivity contribution in [2.75, 3.05) is 19.6 Å². The molecule has 0 saturated carbocycles. The van der Waals surface area contributed by atoms with E-state index in [1.54, 1.807) is 6.07 Å². The Balaban J connectivity index is 1.98. The third kappa shape index (κ3) is 1.24. The van der Waals surface area contributed by atoms with E-state index in [0.29, 0.717) is 11.8 Å². The Morgan fingerprint density at radius 3 is 2.88 bits per heavy atom. The molecule has 1 aliphatic heterocycles. The summed E-state index contributed by atoms with van der Waals surface area (Å²) in [5.41, 5.74) is 2.22. The van der Waals surface area contributed by atoms with Gasteiger partial charge in [0.1, 0.15) is 0 Å². The molecule has 86 valence electrons. The molecule has 3 rings (SSSR count). The number of aromatic hydroxyl groups is 2. The molecule has 1 fully saturated rings. The van der Waals surface area contributed by atoms with E-state index in [4.69, 9.17) is 0 Å². The van der Waals surface area contributed by atoms with Crippen molar-refractivity contribution in [3.05, 3.63) is 23.3 Å². The Morgan fingerprint density at radius 2 is 2.12 bits per heavy atom. The first kappa shape index (κ1) is 9.97. The molecule has 1 aromatic rings. The van der Waals surface area contributed by atoms with Crippen LogP contribution in [0.5, 0.6) is 11.5 Å². The van der Waals surface area contributed by atoms with Gasteiger partial charge >= 0.3 is 0 Å². The molecular formula is C13H17NO2. The van der Waals surface area contributed by atoms with Gasteiger partial charge in [-0.05, 0) is 30.5 Å². The first-order chi connectivity index (χ1) is 7.70. The number of fused-ring (bicyclic) bond motifs is 3. The highest BCUT2D eigenvalue weighted by molar-refractivity contribution is 5.53. The first-order valence-corrected chi connectivity index (χ1v) is 5.96. The van der Waals surface area contributed by atoms with Crippen molar-refractivity contribution in [1.82, 2.24) is 4.90 Å². The van der Waals surface area contributed by atoms with Gasteiger partial charge < -0.3 is 15.1 Å². The molecule has 0 spiro atoms. The summed E-state index contributed by atoms with van der Waals surface area (Å²) in [6.07, 6.45) is 0.913. The average molecular weight is 219 g/mol. The maximum atomic E-state index is 9.83.